The van der Waals surface area contributed by atoms with E-state index in [2.05, 4.69) is 0 Å². The lowest BCUT2D eigenvalue weighted by molar-refractivity contribution is -0.135. The summed E-state index contributed by atoms with van der Waals surface area (Å²) in [5.41, 5.74) is 4.38. The molecule has 4 nitrogen and oxygen atoms in total. The third kappa shape index (κ3) is 2.97. The van der Waals surface area contributed by atoms with E-state index >= 15 is 0 Å². The molecule has 0 unspecified atom stereocenters. The van der Waals surface area contributed by atoms with Crippen molar-refractivity contribution in [1.29, 1.82) is 0 Å². The fourth-order valence-corrected chi connectivity index (χ4v) is 3.61. The molecular formula is C24H21NO3. The molecule has 0 saturated heterocycles. The summed E-state index contributed by atoms with van der Waals surface area (Å²) in [6.45, 7) is 5.90. The van der Waals surface area contributed by atoms with E-state index in [9.17, 15) is 9.59 Å². The Kier molecular flexibility index (Phi) is 4.47. The molecule has 0 radical (unpaired) electrons. The van der Waals surface area contributed by atoms with Crippen molar-refractivity contribution in [3.63, 3.8) is 0 Å². The molecule has 1 aromatic heterocycles. The lowest BCUT2D eigenvalue weighted by atomic mass is 10.1. The Morgan fingerprint density at radius 3 is 1.96 bits per heavy atom. The number of aryl methyl sites for hydroxylation is 2. The Labute approximate surface area is 163 Å². The zero-order valence-electron chi connectivity index (χ0n) is 16.2. The normalized spacial score (nSPS) is 11.1. The number of nitrogens with zero attached hydrogens (tertiary/aromatic N) is 1. The summed E-state index contributed by atoms with van der Waals surface area (Å²) in [5, 5.41) is 1.19. The predicted octanol–water partition coefficient (Wildman–Crippen LogP) is 4.69. The number of hydrogen-bond donors (Lipinski definition) is 0. The molecule has 140 valence electrons. The number of rotatable bonds is 3. The maximum Gasteiger partial charge on any atom is 0.331 e. The van der Waals surface area contributed by atoms with Crippen molar-refractivity contribution >= 4 is 27.8 Å². The molecule has 0 spiro atoms. The highest BCUT2D eigenvalue weighted by molar-refractivity contribution is 5.94. The van der Waals surface area contributed by atoms with Crippen molar-refractivity contribution in [2.45, 2.75) is 27.3 Å². The SMILES string of the molecule is Cc1ccc(C)c(OC(=O)Cn2c3ccccc3c(=O)c3ccccc32)c1C. The summed E-state index contributed by atoms with van der Waals surface area (Å²) in [6, 6.07) is 18.7. The predicted molar refractivity (Wildman–Crippen MR) is 112 cm³/mol. The van der Waals surface area contributed by atoms with Crippen molar-refractivity contribution in [3.8, 4) is 5.75 Å². The number of esters is 1. The van der Waals surface area contributed by atoms with Crippen LogP contribution < -0.4 is 10.2 Å². The molecule has 0 fully saturated rings. The van der Waals surface area contributed by atoms with Crippen LogP contribution in [0.4, 0.5) is 0 Å². The number of ether oxygens (including phenoxy) is 1. The molecule has 1 heterocycles. The number of fused-ring (bicyclic) bond motifs is 2. The van der Waals surface area contributed by atoms with Crippen LogP contribution in [0.25, 0.3) is 21.8 Å². The summed E-state index contributed by atoms with van der Waals surface area (Å²) >= 11 is 0. The molecule has 0 amide bonds. The van der Waals surface area contributed by atoms with Gasteiger partial charge in [0, 0.05) is 10.8 Å². The van der Waals surface area contributed by atoms with E-state index < -0.39 is 0 Å². The van der Waals surface area contributed by atoms with Crippen molar-refractivity contribution in [3.05, 3.63) is 87.6 Å². The number of carbonyl (C=O) groups is 1. The van der Waals surface area contributed by atoms with Gasteiger partial charge in [0.2, 0.25) is 0 Å². The molecule has 4 aromatic rings. The van der Waals surface area contributed by atoms with Crippen molar-refractivity contribution in [2.24, 2.45) is 0 Å². The number of para-hydroxylation sites is 2. The zero-order valence-corrected chi connectivity index (χ0v) is 16.2. The quantitative estimate of drug-likeness (QED) is 0.298. The number of carbonyl (C=O) groups excluding carboxylic acids is 1. The minimum Gasteiger partial charge on any atom is -0.425 e. The van der Waals surface area contributed by atoms with Gasteiger partial charge in [-0.2, -0.15) is 0 Å². The van der Waals surface area contributed by atoms with Crippen molar-refractivity contribution in [2.75, 3.05) is 0 Å². The Balaban J connectivity index is 1.82. The van der Waals surface area contributed by atoms with Gasteiger partial charge >= 0.3 is 5.97 Å². The van der Waals surface area contributed by atoms with Gasteiger partial charge in [-0.1, -0.05) is 36.4 Å². The first-order chi connectivity index (χ1) is 13.5. The summed E-state index contributed by atoms with van der Waals surface area (Å²) in [5.74, 6) is 0.246. The zero-order chi connectivity index (χ0) is 19.8. The third-order valence-electron chi connectivity index (χ3n) is 5.26. The largest absolute Gasteiger partial charge is 0.425 e. The van der Waals surface area contributed by atoms with E-state index in [0.717, 1.165) is 27.7 Å². The second kappa shape index (κ2) is 6.97. The van der Waals surface area contributed by atoms with E-state index in [1.807, 2.05) is 73.9 Å². The Bertz CT molecular complexity index is 1220. The van der Waals surface area contributed by atoms with Crippen LogP contribution in [-0.4, -0.2) is 10.5 Å². The van der Waals surface area contributed by atoms with Crippen LogP contribution in [0, 0.1) is 20.8 Å². The fourth-order valence-electron chi connectivity index (χ4n) is 3.61. The first-order valence-electron chi connectivity index (χ1n) is 9.25. The number of hydrogen-bond acceptors (Lipinski definition) is 3. The minimum atomic E-state index is -0.365. The Morgan fingerprint density at radius 2 is 1.36 bits per heavy atom. The van der Waals surface area contributed by atoms with Crippen LogP contribution in [0.5, 0.6) is 5.75 Å². The van der Waals surface area contributed by atoms with Crippen LogP contribution in [0.15, 0.2) is 65.5 Å². The summed E-state index contributed by atoms with van der Waals surface area (Å²) in [4.78, 5) is 25.7. The van der Waals surface area contributed by atoms with Crippen LogP contribution in [0.1, 0.15) is 16.7 Å². The van der Waals surface area contributed by atoms with Crippen LogP contribution in [0.3, 0.4) is 0 Å². The first kappa shape index (κ1) is 18.0. The van der Waals surface area contributed by atoms with E-state index in [1.54, 1.807) is 12.1 Å². The molecule has 0 bridgehead atoms. The summed E-state index contributed by atoms with van der Waals surface area (Å²) < 4.78 is 7.61. The second-order valence-electron chi connectivity index (χ2n) is 7.08. The lowest BCUT2D eigenvalue weighted by Crippen LogP contribution is -2.20. The Morgan fingerprint density at radius 1 is 0.821 bits per heavy atom. The van der Waals surface area contributed by atoms with E-state index in [0.29, 0.717) is 16.5 Å². The molecule has 0 aliphatic rings. The summed E-state index contributed by atoms with van der Waals surface area (Å²) in [6.07, 6.45) is 0. The van der Waals surface area contributed by atoms with E-state index in [4.69, 9.17) is 4.74 Å². The first-order valence-corrected chi connectivity index (χ1v) is 9.25. The molecular weight excluding hydrogens is 350 g/mol. The maximum absolute atomic E-state index is 12.8. The fraction of sp³-hybridized carbons (Fsp3) is 0.167. The highest BCUT2D eigenvalue weighted by atomic mass is 16.5. The smallest absolute Gasteiger partial charge is 0.331 e. The molecule has 28 heavy (non-hydrogen) atoms. The average Bonchev–Trinajstić information content (AvgIpc) is 2.71. The molecule has 0 saturated carbocycles. The lowest BCUT2D eigenvalue weighted by Gasteiger charge is -2.16. The molecule has 0 atom stereocenters. The van der Waals surface area contributed by atoms with Gasteiger partial charge < -0.3 is 9.30 Å². The molecule has 0 aliphatic heterocycles. The monoisotopic (exact) mass is 371 g/mol. The van der Waals surface area contributed by atoms with Gasteiger partial charge in [-0.15, -0.1) is 0 Å². The van der Waals surface area contributed by atoms with Gasteiger partial charge in [0.25, 0.3) is 0 Å². The minimum absolute atomic E-state index is 0.0220. The standard InChI is InChI=1S/C24H21NO3/c1-15-12-13-16(2)24(17(15)3)28-22(26)14-25-20-10-6-4-8-18(20)23(27)19-9-5-7-11-21(19)25/h4-13H,14H2,1-3H3. The van der Waals surface area contributed by atoms with Gasteiger partial charge in [0.05, 0.1) is 11.0 Å². The topological polar surface area (TPSA) is 48.3 Å². The van der Waals surface area contributed by atoms with Crippen LogP contribution in [-0.2, 0) is 11.3 Å². The molecule has 0 N–H and O–H groups in total. The highest BCUT2D eigenvalue weighted by Gasteiger charge is 2.16. The third-order valence-corrected chi connectivity index (χ3v) is 5.26. The number of benzene rings is 3. The average molecular weight is 371 g/mol. The second-order valence-corrected chi connectivity index (χ2v) is 7.08. The van der Waals surface area contributed by atoms with Gasteiger partial charge in [0.1, 0.15) is 12.3 Å². The highest BCUT2D eigenvalue weighted by Crippen LogP contribution is 2.26. The molecule has 4 rings (SSSR count). The van der Waals surface area contributed by atoms with Crippen molar-refractivity contribution < 1.29 is 9.53 Å². The maximum atomic E-state index is 12.8. The molecule has 0 aliphatic carbocycles. The molecule has 4 heteroatoms. The van der Waals surface area contributed by atoms with Gasteiger partial charge in [-0.05, 0) is 61.7 Å². The van der Waals surface area contributed by atoms with Crippen molar-refractivity contribution in [1.82, 2.24) is 4.57 Å². The molecule has 3 aromatic carbocycles. The Hall–Kier alpha value is -3.40. The van der Waals surface area contributed by atoms with E-state index in [1.165, 1.54) is 0 Å². The van der Waals surface area contributed by atoms with Gasteiger partial charge in [0.15, 0.2) is 5.43 Å². The van der Waals surface area contributed by atoms with Crippen LogP contribution >= 0.6 is 0 Å². The van der Waals surface area contributed by atoms with Gasteiger partial charge in [-0.3, -0.25) is 4.79 Å². The summed E-state index contributed by atoms with van der Waals surface area (Å²) in [7, 11) is 0. The van der Waals surface area contributed by atoms with Gasteiger partial charge in [-0.25, -0.2) is 4.79 Å². The number of aromatic nitrogens is 1. The van der Waals surface area contributed by atoms with E-state index in [-0.39, 0.29) is 17.9 Å². The number of pyridine rings is 1. The van der Waals surface area contributed by atoms with Crippen LogP contribution in [0.2, 0.25) is 0 Å².